The summed E-state index contributed by atoms with van der Waals surface area (Å²) in [5, 5.41) is 32.0. The van der Waals surface area contributed by atoms with E-state index in [0.717, 1.165) is 31.7 Å². The molecule has 6 nitrogen and oxygen atoms in total. The van der Waals surface area contributed by atoms with Crippen LogP contribution in [0.2, 0.25) is 0 Å². The third kappa shape index (κ3) is 3.96. The normalized spacial score (nSPS) is 21.9. The average Bonchev–Trinajstić information content (AvgIpc) is 2.69. The van der Waals surface area contributed by atoms with E-state index in [0.29, 0.717) is 48.3 Å². The molecule has 0 unspecified atom stereocenters. The molecule has 156 valence electrons. The van der Waals surface area contributed by atoms with Crippen molar-refractivity contribution in [3.05, 3.63) is 29.3 Å². The second kappa shape index (κ2) is 7.70. The van der Waals surface area contributed by atoms with Crippen molar-refractivity contribution < 1.29 is 28.1 Å². The second-order valence-corrected chi connectivity index (χ2v) is 7.49. The molecule has 0 spiro atoms. The third-order valence-electron chi connectivity index (χ3n) is 5.47. The molecule has 1 saturated carbocycles. The van der Waals surface area contributed by atoms with Crippen molar-refractivity contribution in [2.45, 2.75) is 56.8 Å². The van der Waals surface area contributed by atoms with Gasteiger partial charge in [-0.25, -0.2) is 0 Å². The number of rotatable bonds is 3. The van der Waals surface area contributed by atoms with Crippen LogP contribution in [0.3, 0.4) is 0 Å². The molecule has 2 atom stereocenters. The predicted octanol–water partition coefficient (Wildman–Crippen LogP) is 3.91. The Morgan fingerprint density at radius 1 is 1.10 bits per heavy atom. The Labute approximate surface area is 165 Å². The highest BCUT2D eigenvalue weighted by Gasteiger charge is 2.32. The van der Waals surface area contributed by atoms with Gasteiger partial charge < -0.3 is 20.3 Å². The van der Waals surface area contributed by atoms with E-state index in [9.17, 15) is 23.4 Å². The summed E-state index contributed by atoms with van der Waals surface area (Å²) >= 11 is 0. The largest absolute Gasteiger partial charge is 0.507 e. The molecule has 1 aromatic carbocycles. The molecule has 0 bridgehead atoms. The summed E-state index contributed by atoms with van der Waals surface area (Å²) in [6, 6.07) is 2.65. The molecule has 9 heteroatoms. The van der Waals surface area contributed by atoms with Gasteiger partial charge in [-0.3, -0.25) is 0 Å². The van der Waals surface area contributed by atoms with Crippen LogP contribution in [-0.4, -0.2) is 39.2 Å². The molecular formula is C20H22F3N3O3. The lowest BCUT2D eigenvalue weighted by Gasteiger charge is -2.30. The zero-order valence-electron chi connectivity index (χ0n) is 15.7. The zero-order chi connectivity index (χ0) is 20.6. The van der Waals surface area contributed by atoms with Gasteiger partial charge in [-0.1, -0.05) is 12.8 Å². The SMILES string of the molecule is Oc1cc(C(F)(F)F)ccc1-c1nnc(N[C@@H]2CCCC[C@H]2O)c2c1CCCO2. The van der Waals surface area contributed by atoms with Gasteiger partial charge in [-0.15, -0.1) is 10.2 Å². The van der Waals surface area contributed by atoms with Crippen LogP contribution in [0.4, 0.5) is 19.0 Å². The van der Waals surface area contributed by atoms with E-state index < -0.39 is 23.6 Å². The molecule has 0 radical (unpaired) electrons. The number of aliphatic hydroxyl groups is 1. The molecule has 1 aromatic heterocycles. The molecule has 2 aromatic rings. The summed E-state index contributed by atoms with van der Waals surface area (Å²) in [7, 11) is 0. The average molecular weight is 409 g/mol. The van der Waals surface area contributed by atoms with Crippen LogP contribution in [0.15, 0.2) is 18.2 Å². The number of nitrogens with zero attached hydrogens (tertiary/aromatic N) is 2. The van der Waals surface area contributed by atoms with Crippen LogP contribution in [0.5, 0.6) is 11.5 Å². The van der Waals surface area contributed by atoms with E-state index in [-0.39, 0.29) is 11.6 Å². The second-order valence-electron chi connectivity index (χ2n) is 7.49. The summed E-state index contributed by atoms with van der Waals surface area (Å²) in [5.41, 5.74) is 0.243. The summed E-state index contributed by atoms with van der Waals surface area (Å²) in [4.78, 5) is 0. The quantitative estimate of drug-likeness (QED) is 0.713. The Morgan fingerprint density at radius 3 is 2.62 bits per heavy atom. The first-order chi connectivity index (χ1) is 13.8. The van der Waals surface area contributed by atoms with Crippen molar-refractivity contribution in [1.29, 1.82) is 0 Å². The smallest absolute Gasteiger partial charge is 0.416 e. The molecule has 0 saturated heterocycles. The summed E-state index contributed by atoms with van der Waals surface area (Å²) in [5.74, 6) is 0.393. The van der Waals surface area contributed by atoms with Crippen LogP contribution < -0.4 is 10.1 Å². The Kier molecular flexibility index (Phi) is 5.24. The van der Waals surface area contributed by atoms with Gasteiger partial charge in [-0.2, -0.15) is 13.2 Å². The molecule has 2 heterocycles. The zero-order valence-corrected chi connectivity index (χ0v) is 15.7. The van der Waals surface area contributed by atoms with Gasteiger partial charge in [0.05, 0.1) is 24.3 Å². The van der Waals surface area contributed by atoms with Crippen LogP contribution in [0.25, 0.3) is 11.3 Å². The molecule has 1 aliphatic carbocycles. The van der Waals surface area contributed by atoms with Crippen molar-refractivity contribution in [1.82, 2.24) is 10.2 Å². The fraction of sp³-hybridized carbons (Fsp3) is 0.500. The lowest BCUT2D eigenvalue weighted by Crippen LogP contribution is -2.37. The number of hydrogen-bond donors (Lipinski definition) is 3. The molecular weight excluding hydrogens is 387 g/mol. The number of fused-ring (bicyclic) bond motifs is 1. The van der Waals surface area contributed by atoms with Crippen molar-refractivity contribution in [3.63, 3.8) is 0 Å². The number of ether oxygens (including phenoxy) is 1. The summed E-state index contributed by atoms with van der Waals surface area (Å²) in [6.45, 7) is 0.485. The minimum atomic E-state index is -4.54. The highest BCUT2D eigenvalue weighted by molar-refractivity contribution is 5.74. The first-order valence-corrected chi connectivity index (χ1v) is 9.72. The Balaban J connectivity index is 1.71. The highest BCUT2D eigenvalue weighted by atomic mass is 19.4. The highest BCUT2D eigenvalue weighted by Crippen LogP contribution is 2.42. The Morgan fingerprint density at radius 2 is 1.90 bits per heavy atom. The van der Waals surface area contributed by atoms with Gasteiger partial charge in [0.15, 0.2) is 11.6 Å². The molecule has 3 N–H and O–H groups in total. The molecule has 1 fully saturated rings. The fourth-order valence-electron chi connectivity index (χ4n) is 3.94. The standard InChI is InChI=1S/C20H22F3N3O3/c21-20(22,23)11-7-8-12(16(28)10-11)17-13-4-3-9-29-18(13)19(26-25-17)24-14-5-1-2-6-15(14)27/h7-8,10,14-15,27-28H,1-6,9H2,(H,24,26)/t14-,15-/m1/s1. The van der Waals surface area contributed by atoms with Gasteiger partial charge in [-0.05, 0) is 43.9 Å². The summed E-state index contributed by atoms with van der Waals surface area (Å²) < 4.78 is 44.5. The van der Waals surface area contributed by atoms with Crippen LogP contribution in [0.1, 0.15) is 43.2 Å². The Bertz CT molecular complexity index is 905. The minimum absolute atomic E-state index is 0.155. The monoisotopic (exact) mass is 409 g/mol. The predicted molar refractivity (Wildman–Crippen MR) is 99.8 cm³/mol. The van der Waals surface area contributed by atoms with Gasteiger partial charge in [0.25, 0.3) is 0 Å². The van der Waals surface area contributed by atoms with E-state index in [1.54, 1.807) is 0 Å². The number of anilines is 1. The number of hydrogen-bond acceptors (Lipinski definition) is 6. The minimum Gasteiger partial charge on any atom is -0.507 e. The third-order valence-corrected chi connectivity index (χ3v) is 5.47. The number of alkyl halides is 3. The van der Waals surface area contributed by atoms with E-state index >= 15 is 0 Å². The number of aromatic nitrogens is 2. The number of aromatic hydroxyl groups is 1. The number of benzene rings is 1. The molecule has 29 heavy (non-hydrogen) atoms. The maximum Gasteiger partial charge on any atom is 0.416 e. The molecule has 0 amide bonds. The maximum absolute atomic E-state index is 12.9. The molecule has 4 rings (SSSR count). The fourth-order valence-corrected chi connectivity index (χ4v) is 3.94. The van der Waals surface area contributed by atoms with Gasteiger partial charge in [0.1, 0.15) is 11.4 Å². The number of aliphatic hydroxyl groups excluding tert-OH is 1. The number of nitrogens with one attached hydrogen (secondary N) is 1. The van der Waals surface area contributed by atoms with Crippen LogP contribution in [0, 0.1) is 0 Å². The van der Waals surface area contributed by atoms with Gasteiger partial charge >= 0.3 is 6.18 Å². The molecule has 2 aliphatic rings. The van der Waals surface area contributed by atoms with Crippen molar-refractivity contribution in [2.75, 3.05) is 11.9 Å². The first kappa shape index (κ1) is 19.8. The van der Waals surface area contributed by atoms with E-state index in [1.807, 2.05) is 0 Å². The van der Waals surface area contributed by atoms with Crippen molar-refractivity contribution >= 4 is 5.82 Å². The molecule has 1 aliphatic heterocycles. The first-order valence-electron chi connectivity index (χ1n) is 9.72. The lowest BCUT2D eigenvalue weighted by atomic mass is 9.92. The van der Waals surface area contributed by atoms with Crippen molar-refractivity contribution in [2.24, 2.45) is 0 Å². The van der Waals surface area contributed by atoms with Gasteiger partial charge in [0, 0.05) is 11.1 Å². The van der Waals surface area contributed by atoms with Crippen LogP contribution >= 0.6 is 0 Å². The Hall–Kier alpha value is -2.55. The lowest BCUT2D eigenvalue weighted by molar-refractivity contribution is -0.137. The maximum atomic E-state index is 12.9. The van der Waals surface area contributed by atoms with Crippen LogP contribution in [-0.2, 0) is 12.6 Å². The van der Waals surface area contributed by atoms with E-state index in [2.05, 4.69) is 15.5 Å². The van der Waals surface area contributed by atoms with E-state index in [1.165, 1.54) is 6.07 Å². The van der Waals surface area contributed by atoms with E-state index in [4.69, 9.17) is 4.74 Å². The number of phenolic OH excluding ortho intramolecular Hbond substituents is 1. The van der Waals surface area contributed by atoms with Gasteiger partial charge in [0.2, 0.25) is 0 Å². The topological polar surface area (TPSA) is 87.5 Å². The van der Waals surface area contributed by atoms with Crippen molar-refractivity contribution in [3.8, 4) is 22.8 Å². The number of phenols is 1. The summed E-state index contributed by atoms with van der Waals surface area (Å²) in [6.07, 6.45) is -0.206. The number of halogens is 3.